The average Bonchev–Trinajstić information content (AvgIpc) is 2.73. The van der Waals surface area contributed by atoms with Gasteiger partial charge in [-0.05, 0) is 50.8 Å². The molecule has 29 heavy (non-hydrogen) atoms. The van der Waals surface area contributed by atoms with Gasteiger partial charge in [0.25, 0.3) is 5.91 Å². The molecule has 160 valence electrons. The molecule has 0 bridgehead atoms. The lowest BCUT2D eigenvalue weighted by atomic mass is 9.95. The minimum Gasteiger partial charge on any atom is -0.352 e. The second kappa shape index (κ2) is 9.71. The zero-order valence-corrected chi connectivity index (χ0v) is 17.8. The number of hydrogen-bond acceptors (Lipinski definition) is 4. The predicted octanol–water partition coefficient (Wildman–Crippen LogP) is 2.43. The summed E-state index contributed by atoms with van der Waals surface area (Å²) in [5.74, 6) is -0.663. The van der Waals surface area contributed by atoms with Gasteiger partial charge in [-0.2, -0.15) is 4.31 Å². The van der Waals surface area contributed by atoms with Gasteiger partial charge >= 0.3 is 0 Å². The van der Waals surface area contributed by atoms with Gasteiger partial charge in [0.05, 0.1) is 11.4 Å². The van der Waals surface area contributed by atoms with E-state index >= 15 is 0 Å². The van der Waals surface area contributed by atoms with Gasteiger partial charge < -0.3 is 10.6 Å². The van der Waals surface area contributed by atoms with Crippen molar-refractivity contribution in [3.05, 3.63) is 29.8 Å². The smallest absolute Gasteiger partial charge is 0.251 e. The van der Waals surface area contributed by atoms with Crippen molar-refractivity contribution in [2.45, 2.75) is 75.3 Å². The number of benzene rings is 1. The van der Waals surface area contributed by atoms with E-state index in [0.717, 1.165) is 44.9 Å². The topological polar surface area (TPSA) is 95.6 Å². The maximum Gasteiger partial charge on any atom is 0.251 e. The highest BCUT2D eigenvalue weighted by molar-refractivity contribution is 7.89. The van der Waals surface area contributed by atoms with E-state index in [-0.39, 0.29) is 35.0 Å². The molecule has 1 heterocycles. The van der Waals surface area contributed by atoms with Crippen LogP contribution in [0.3, 0.4) is 0 Å². The van der Waals surface area contributed by atoms with E-state index in [4.69, 9.17) is 0 Å². The molecule has 1 aliphatic heterocycles. The van der Waals surface area contributed by atoms with Crippen LogP contribution in [0, 0.1) is 0 Å². The number of carbonyl (C=O) groups excluding carboxylic acids is 2. The number of carbonyl (C=O) groups is 2. The Balaban J connectivity index is 1.61. The molecule has 1 unspecified atom stereocenters. The van der Waals surface area contributed by atoms with Crippen molar-refractivity contribution in [2.24, 2.45) is 0 Å². The van der Waals surface area contributed by atoms with Crippen molar-refractivity contribution < 1.29 is 18.0 Å². The van der Waals surface area contributed by atoms with E-state index in [1.54, 1.807) is 12.1 Å². The van der Waals surface area contributed by atoms with E-state index in [1.807, 2.05) is 6.92 Å². The largest absolute Gasteiger partial charge is 0.352 e. The third kappa shape index (κ3) is 5.57. The Bertz CT molecular complexity index is 834. The Kier molecular flexibility index (Phi) is 7.29. The fourth-order valence-corrected chi connectivity index (χ4v) is 5.90. The zero-order chi connectivity index (χ0) is 20.9. The molecule has 1 aliphatic carbocycles. The van der Waals surface area contributed by atoms with Gasteiger partial charge in [0, 0.05) is 24.2 Å². The molecule has 2 amide bonds. The lowest BCUT2D eigenvalue weighted by Crippen LogP contribution is -2.43. The van der Waals surface area contributed by atoms with Crippen LogP contribution in [0.1, 0.15) is 68.6 Å². The molecule has 2 N–H and O–H groups in total. The lowest BCUT2D eigenvalue weighted by molar-refractivity contribution is -0.121. The average molecular weight is 422 g/mol. The molecule has 7 nitrogen and oxygen atoms in total. The highest BCUT2D eigenvalue weighted by Crippen LogP contribution is 2.25. The molecule has 0 radical (unpaired) electrons. The Morgan fingerprint density at radius 2 is 1.79 bits per heavy atom. The van der Waals surface area contributed by atoms with Crippen molar-refractivity contribution in [2.75, 3.05) is 13.1 Å². The number of hydrogen-bond donors (Lipinski definition) is 2. The van der Waals surface area contributed by atoms with Crippen LogP contribution in [0.4, 0.5) is 0 Å². The first-order chi connectivity index (χ1) is 13.9. The van der Waals surface area contributed by atoms with Crippen LogP contribution in [0.2, 0.25) is 0 Å². The van der Waals surface area contributed by atoms with Gasteiger partial charge in [0.15, 0.2) is 0 Å². The van der Waals surface area contributed by atoms with Crippen molar-refractivity contribution in [3.8, 4) is 0 Å². The molecule has 0 aromatic heterocycles. The third-order valence-corrected chi connectivity index (χ3v) is 7.83. The quantitative estimate of drug-likeness (QED) is 0.737. The highest BCUT2D eigenvalue weighted by Gasteiger charge is 2.31. The highest BCUT2D eigenvalue weighted by atomic mass is 32.2. The van der Waals surface area contributed by atoms with Crippen molar-refractivity contribution in [3.63, 3.8) is 0 Å². The summed E-state index contributed by atoms with van der Waals surface area (Å²) in [4.78, 5) is 24.7. The summed E-state index contributed by atoms with van der Waals surface area (Å²) in [6.45, 7) is 2.30. The summed E-state index contributed by atoms with van der Waals surface area (Å²) >= 11 is 0. The molecule has 2 fully saturated rings. The standard InChI is InChI=1S/C21H31N3O4S/c1-16-8-5-6-13-24(16)29(27,28)19-12-7-9-17(14-19)21(26)22-15-20(25)23-18-10-3-2-4-11-18/h7,9,12,14,16,18H,2-6,8,10-11,13,15H2,1H3,(H,22,26)(H,23,25). The second-order valence-corrected chi connectivity index (χ2v) is 9.96. The molecule has 1 aromatic carbocycles. The van der Waals surface area contributed by atoms with Gasteiger partial charge in [0.2, 0.25) is 15.9 Å². The van der Waals surface area contributed by atoms with Crippen LogP contribution in [-0.4, -0.2) is 49.7 Å². The normalized spacial score (nSPS) is 21.5. The first-order valence-corrected chi connectivity index (χ1v) is 12.0. The number of rotatable bonds is 6. The first-order valence-electron chi connectivity index (χ1n) is 10.6. The van der Waals surface area contributed by atoms with Crippen molar-refractivity contribution >= 4 is 21.8 Å². The molecule has 1 aromatic rings. The Hall–Kier alpha value is -1.93. The van der Waals surface area contributed by atoms with Gasteiger partial charge in [-0.15, -0.1) is 0 Å². The SMILES string of the molecule is CC1CCCCN1S(=O)(=O)c1cccc(C(=O)NCC(=O)NC2CCCCC2)c1. The summed E-state index contributed by atoms with van der Waals surface area (Å²) in [7, 11) is -3.64. The summed E-state index contributed by atoms with van der Waals surface area (Å²) in [6, 6.07) is 6.18. The van der Waals surface area contributed by atoms with E-state index in [2.05, 4.69) is 10.6 Å². The van der Waals surface area contributed by atoms with E-state index in [1.165, 1.54) is 22.9 Å². The summed E-state index contributed by atoms with van der Waals surface area (Å²) in [5.41, 5.74) is 0.237. The molecular weight excluding hydrogens is 390 g/mol. The fraction of sp³-hybridized carbons (Fsp3) is 0.619. The van der Waals surface area contributed by atoms with Crippen LogP contribution in [0.5, 0.6) is 0 Å². The Morgan fingerprint density at radius 1 is 1.07 bits per heavy atom. The van der Waals surface area contributed by atoms with E-state index in [0.29, 0.717) is 6.54 Å². The summed E-state index contributed by atoms with van der Waals surface area (Å²) < 4.78 is 27.5. The number of nitrogens with zero attached hydrogens (tertiary/aromatic N) is 1. The van der Waals surface area contributed by atoms with Crippen molar-refractivity contribution in [1.29, 1.82) is 0 Å². The molecule has 8 heteroatoms. The number of piperidine rings is 1. The minimum atomic E-state index is -3.64. The van der Waals surface area contributed by atoms with Crippen LogP contribution in [0.25, 0.3) is 0 Å². The number of nitrogens with one attached hydrogen (secondary N) is 2. The molecule has 1 saturated carbocycles. The molecule has 1 saturated heterocycles. The monoisotopic (exact) mass is 421 g/mol. The molecule has 2 aliphatic rings. The van der Waals surface area contributed by atoms with Gasteiger partial charge in [0.1, 0.15) is 0 Å². The van der Waals surface area contributed by atoms with Gasteiger partial charge in [-0.3, -0.25) is 9.59 Å². The first kappa shape index (κ1) is 21.8. The molecular formula is C21H31N3O4S. The Morgan fingerprint density at radius 3 is 2.52 bits per heavy atom. The molecule has 0 spiro atoms. The summed E-state index contributed by atoms with van der Waals surface area (Å²) in [5, 5.41) is 5.55. The second-order valence-electron chi connectivity index (χ2n) is 8.07. The lowest BCUT2D eigenvalue weighted by Gasteiger charge is -2.32. The van der Waals surface area contributed by atoms with E-state index < -0.39 is 15.9 Å². The molecule has 3 rings (SSSR count). The summed E-state index contributed by atoms with van der Waals surface area (Å²) in [6.07, 6.45) is 8.12. The van der Waals surface area contributed by atoms with E-state index in [9.17, 15) is 18.0 Å². The van der Waals surface area contributed by atoms with Crippen LogP contribution < -0.4 is 10.6 Å². The zero-order valence-electron chi connectivity index (χ0n) is 17.0. The maximum absolute atomic E-state index is 13.0. The fourth-order valence-electron chi connectivity index (χ4n) is 4.15. The van der Waals surface area contributed by atoms with Crippen LogP contribution >= 0.6 is 0 Å². The predicted molar refractivity (Wildman–Crippen MR) is 111 cm³/mol. The number of amides is 2. The Labute approximate surface area is 173 Å². The molecule has 1 atom stereocenters. The van der Waals surface area contributed by atoms with Gasteiger partial charge in [-0.25, -0.2) is 8.42 Å². The van der Waals surface area contributed by atoms with Gasteiger partial charge in [-0.1, -0.05) is 31.7 Å². The number of sulfonamides is 1. The third-order valence-electron chi connectivity index (χ3n) is 5.82. The van der Waals surface area contributed by atoms with Crippen LogP contribution in [-0.2, 0) is 14.8 Å². The minimum absolute atomic E-state index is 0.0466. The van der Waals surface area contributed by atoms with Crippen LogP contribution in [0.15, 0.2) is 29.2 Å². The van der Waals surface area contributed by atoms with Crippen molar-refractivity contribution in [1.82, 2.24) is 14.9 Å². The maximum atomic E-state index is 13.0.